The van der Waals surface area contributed by atoms with Crippen LogP contribution in [-0.2, 0) is 0 Å². The Morgan fingerprint density at radius 3 is 2.00 bits per heavy atom. The van der Waals surface area contributed by atoms with Crippen LogP contribution in [0, 0.1) is 0 Å². The molecule has 6 heteroatoms. The number of benzene rings is 1. The molecule has 1 aromatic carbocycles. The highest BCUT2D eigenvalue weighted by atomic mass is 35.5. The van der Waals surface area contributed by atoms with Crippen molar-refractivity contribution in [2.75, 3.05) is 11.5 Å². The van der Waals surface area contributed by atoms with E-state index in [4.69, 9.17) is 46.3 Å². The number of nitrogen functional groups attached to an aromatic ring is 2. The van der Waals surface area contributed by atoms with Crippen LogP contribution < -0.4 is 11.5 Å². The molecule has 0 atom stereocenters. The molecule has 0 unspecified atom stereocenters. The molecule has 0 radical (unpaired) electrons. The van der Waals surface area contributed by atoms with Crippen LogP contribution in [0.15, 0.2) is 6.07 Å². The Kier molecular flexibility index (Phi) is 4.28. The van der Waals surface area contributed by atoms with Gasteiger partial charge in [-0.3, -0.25) is 0 Å². The summed E-state index contributed by atoms with van der Waals surface area (Å²) in [4.78, 5) is 0. The van der Waals surface area contributed by atoms with E-state index in [1.54, 1.807) is 0 Å². The van der Waals surface area contributed by atoms with E-state index in [1.807, 2.05) is 0 Å². The van der Waals surface area contributed by atoms with Gasteiger partial charge in [0.2, 0.25) is 0 Å². The summed E-state index contributed by atoms with van der Waals surface area (Å²) in [6, 6.07) is 1.46. The molecule has 0 bridgehead atoms. The Labute approximate surface area is 91.2 Å². The lowest BCUT2D eigenvalue weighted by atomic mass is 10.3. The molecule has 2 nitrogen and oxygen atoms in total. The molecule has 0 saturated heterocycles. The van der Waals surface area contributed by atoms with E-state index >= 15 is 0 Å². The first-order chi connectivity index (χ1) is 5.04. The molecule has 0 amide bonds. The molecule has 0 fully saturated rings. The minimum absolute atomic E-state index is 0. The average Bonchev–Trinajstić information content (AvgIpc) is 1.97. The standard InChI is InChI=1S/C6H5Cl3N2.ClH/c7-2-1-3(10)6(11)5(9)4(2)8;/h1H,10-11H2;1H. The van der Waals surface area contributed by atoms with Gasteiger partial charge in [-0.05, 0) is 6.07 Å². The minimum Gasteiger partial charge on any atom is -0.397 e. The first kappa shape index (κ1) is 12.0. The van der Waals surface area contributed by atoms with Crippen LogP contribution in [0.4, 0.5) is 11.4 Å². The van der Waals surface area contributed by atoms with Gasteiger partial charge in [-0.2, -0.15) is 0 Å². The number of anilines is 2. The van der Waals surface area contributed by atoms with Gasteiger partial charge in [0, 0.05) is 0 Å². The van der Waals surface area contributed by atoms with Crippen molar-refractivity contribution in [2.45, 2.75) is 0 Å². The molecule has 0 heterocycles. The predicted octanol–water partition coefficient (Wildman–Crippen LogP) is 3.23. The lowest BCUT2D eigenvalue weighted by molar-refractivity contribution is 1.66. The third kappa shape index (κ3) is 2.02. The average molecular weight is 248 g/mol. The van der Waals surface area contributed by atoms with E-state index in [-0.39, 0.29) is 28.1 Å². The fourth-order valence-electron chi connectivity index (χ4n) is 0.627. The van der Waals surface area contributed by atoms with E-state index in [2.05, 4.69) is 0 Å². The number of rotatable bonds is 0. The molecule has 0 aliphatic carbocycles. The lowest BCUT2D eigenvalue weighted by Gasteiger charge is -2.05. The van der Waals surface area contributed by atoms with E-state index in [9.17, 15) is 0 Å². The van der Waals surface area contributed by atoms with Crippen molar-refractivity contribution in [1.82, 2.24) is 0 Å². The van der Waals surface area contributed by atoms with Crippen LogP contribution in [0.1, 0.15) is 0 Å². The molecular formula is C6H6Cl4N2. The highest BCUT2D eigenvalue weighted by Gasteiger charge is 2.09. The predicted molar refractivity (Wildman–Crippen MR) is 57.5 cm³/mol. The summed E-state index contributed by atoms with van der Waals surface area (Å²) < 4.78 is 0. The van der Waals surface area contributed by atoms with Crippen molar-refractivity contribution >= 4 is 58.6 Å². The van der Waals surface area contributed by atoms with Crippen LogP contribution in [0.5, 0.6) is 0 Å². The van der Waals surface area contributed by atoms with Crippen LogP contribution in [0.25, 0.3) is 0 Å². The maximum atomic E-state index is 5.67. The summed E-state index contributed by atoms with van der Waals surface area (Å²) in [5, 5.41) is 0.750. The zero-order valence-corrected chi connectivity index (χ0v) is 8.86. The quantitative estimate of drug-likeness (QED) is 0.546. The van der Waals surface area contributed by atoms with Gasteiger partial charge < -0.3 is 11.5 Å². The zero-order valence-electron chi connectivity index (χ0n) is 5.77. The highest BCUT2D eigenvalue weighted by Crippen LogP contribution is 2.37. The molecule has 4 N–H and O–H groups in total. The van der Waals surface area contributed by atoms with Crippen molar-refractivity contribution < 1.29 is 0 Å². The molecule has 0 saturated carbocycles. The summed E-state index contributed by atoms with van der Waals surface area (Å²) in [7, 11) is 0. The maximum Gasteiger partial charge on any atom is 0.0857 e. The summed E-state index contributed by atoms with van der Waals surface area (Å²) >= 11 is 17.0. The lowest BCUT2D eigenvalue weighted by Crippen LogP contribution is -1.95. The second-order valence-electron chi connectivity index (χ2n) is 1.99. The van der Waals surface area contributed by atoms with Crippen LogP contribution >= 0.6 is 47.2 Å². The molecule has 0 spiro atoms. The van der Waals surface area contributed by atoms with Gasteiger partial charge in [-0.25, -0.2) is 0 Å². The molecule has 68 valence electrons. The first-order valence-electron chi connectivity index (χ1n) is 2.72. The molecule has 12 heavy (non-hydrogen) atoms. The molecule has 1 rings (SSSR count). The van der Waals surface area contributed by atoms with Gasteiger partial charge in [0.25, 0.3) is 0 Å². The summed E-state index contributed by atoms with van der Waals surface area (Å²) in [6.07, 6.45) is 0. The van der Waals surface area contributed by atoms with Gasteiger partial charge in [-0.15, -0.1) is 12.4 Å². The van der Waals surface area contributed by atoms with E-state index < -0.39 is 0 Å². The number of hydrogen-bond acceptors (Lipinski definition) is 2. The topological polar surface area (TPSA) is 52.0 Å². The Balaban J connectivity index is 0.00000121. The minimum atomic E-state index is 0. The van der Waals surface area contributed by atoms with Gasteiger partial charge in [-0.1, -0.05) is 34.8 Å². The van der Waals surface area contributed by atoms with Gasteiger partial charge >= 0.3 is 0 Å². The van der Waals surface area contributed by atoms with E-state index in [0.717, 1.165) is 0 Å². The van der Waals surface area contributed by atoms with Crippen molar-refractivity contribution in [1.29, 1.82) is 0 Å². The summed E-state index contributed by atoms with van der Waals surface area (Å²) in [5.41, 5.74) is 11.5. The van der Waals surface area contributed by atoms with E-state index in [0.29, 0.717) is 10.7 Å². The molecule has 0 aliphatic rings. The fourth-order valence-corrected chi connectivity index (χ4v) is 1.26. The Morgan fingerprint density at radius 2 is 1.50 bits per heavy atom. The van der Waals surface area contributed by atoms with Crippen molar-refractivity contribution in [3.05, 3.63) is 21.1 Å². The third-order valence-corrected chi connectivity index (χ3v) is 2.51. The summed E-state index contributed by atoms with van der Waals surface area (Å²) in [5.74, 6) is 0. The molecule has 0 aromatic heterocycles. The maximum absolute atomic E-state index is 5.67. The molecule has 0 aliphatic heterocycles. The monoisotopic (exact) mass is 246 g/mol. The van der Waals surface area contributed by atoms with Gasteiger partial charge in [0.1, 0.15) is 0 Å². The highest BCUT2D eigenvalue weighted by molar-refractivity contribution is 6.49. The SMILES string of the molecule is Cl.Nc1cc(Cl)c(Cl)c(Cl)c1N. The summed E-state index contributed by atoms with van der Waals surface area (Å²) in [6.45, 7) is 0. The van der Waals surface area contributed by atoms with Crippen LogP contribution in [-0.4, -0.2) is 0 Å². The molecular weight excluding hydrogens is 242 g/mol. The largest absolute Gasteiger partial charge is 0.397 e. The number of halogens is 4. The Bertz CT molecular complexity index is 274. The van der Waals surface area contributed by atoms with Crippen molar-refractivity contribution in [2.24, 2.45) is 0 Å². The van der Waals surface area contributed by atoms with Gasteiger partial charge in [0.05, 0.1) is 26.4 Å². The number of hydrogen-bond donors (Lipinski definition) is 2. The molecule has 1 aromatic rings. The van der Waals surface area contributed by atoms with E-state index in [1.165, 1.54) is 6.07 Å². The zero-order chi connectivity index (χ0) is 8.59. The third-order valence-electron chi connectivity index (χ3n) is 1.23. The second kappa shape index (κ2) is 4.28. The van der Waals surface area contributed by atoms with Crippen molar-refractivity contribution in [3.8, 4) is 0 Å². The number of nitrogens with two attached hydrogens (primary N) is 2. The van der Waals surface area contributed by atoms with Crippen LogP contribution in [0.3, 0.4) is 0 Å². The normalized spacial score (nSPS) is 9.25. The Morgan fingerprint density at radius 1 is 1.00 bits per heavy atom. The first-order valence-corrected chi connectivity index (χ1v) is 3.86. The van der Waals surface area contributed by atoms with Crippen LogP contribution in [0.2, 0.25) is 15.1 Å². The Hall–Kier alpha value is -0.0200. The fraction of sp³-hybridized carbons (Fsp3) is 0. The van der Waals surface area contributed by atoms with Gasteiger partial charge in [0.15, 0.2) is 0 Å². The second-order valence-corrected chi connectivity index (χ2v) is 3.15. The smallest absolute Gasteiger partial charge is 0.0857 e. The van der Waals surface area contributed by atoms with Crippen molar-refractivity contribution in [3.63, 3.8) is 0 Å².